The van der Waals surface area contributed by atoms with Gasteiger partial charge in [-0.15, -0.1) is 0 Å². The molecule has 1 fully saturated rings. The Morgan fingerprint density at radius 3 is 2.05 bits per heavy atom. The van der Waals surface area contributed by atoms with Gasteiger partial charge in [0.05, 0.1) is 27.2 Å². The number of amides is 1. The number of aromatic nitrogens is 4. The highest BCUT2D eigenvalue weighted by atomic mass is 28.4. The lowest BCUT2D eigenvalue weighted by Crippen LogP contribution is -2.49. The third-order valence-electron chi connectivity index (χ3n) is 10.7. The van der Waals surface area contributed by atoms with Gasteiger partial charge in [0, 0.05) is 0 Å². The number of aliphatic hydroxyl groups is 1. The quantitative estimate of drug-likeness (QED) is 0.0534. The summed E-state index contributed by atoms with van der Waals surface area (Å²) in [5.41, 5.74) is 1.87. The molecule has 0 unspecified atom stereocenters. The van der Waals surface area contributed by atoms with Gasteiger partial charge in [-0.05, 0) is 59.1 Å². The number of ether oxygens (including phenoxy) is 6. The summed E-state index contributed by atoms with van der Waals surface area (Å²) in [5.74, 6) is 1.38. The van der Waals surface area contributed by atoms with Gasteiger partial charge < -0.3 is 38.0 Å². The van der Waals surface area contributed by atoms with Crippen LogP contribution in [-0.4, -0.2) is 91.4 Å². The lowest BCUT2D eigenvalue weighted by Gasteiger charge is -2.40. The largest absolute Gasteiger partial charge is 0.497 e. The van der Waals surface area contributed by atoms with Crippen LogP contribution in [0.25, 0.3) is 11.2 Å². The summed E-state index contributed by atoms with van der Waals surface area (Å²) in [6.07, 6.45) is -0.164. The maximum Gasteiger partial charge on any atom is 0.414 e. The minimum absolute atomic E-state index is 0.0158. The van der Waals surface area contributed by atoms with Gasteiger partial charge in [-0.25, -0.2) is 9.78 Å². The molecule has 59 heavy (non-hydrogen) atoms. The van der Waals surface area contributed by atoms with E-state index in [2.05, 4.69) is 67.3 Å². The fraction of sp³-hybridized carbons (Fsp3) is 0.364. The molecule has 0 radical (unpaired) electrons. The zero-order valence-electron chi connectivity index (χ0n) is 34.6. The van der Waals surface area contributed by atoms with Crippen LogP contribution < -0.4 is 19.5 Å². The van der Waals surface area contributed by atoms with Gasteiger partial charge in [-0.3, -0.25) is 9.88 Å². The molecule has 0 aliphatic carbocycles. The maximum absolute atomic E-state index is 12.6. The van der Waals surface area contributed by atoms with Crippen LogP contribution in [0.4, 0.5) is 10.7 Å². The van der Waals surface area contributed by atoms with E-state index in [-0.39, 0.29) is 42.3 Å². The van der Waals surface area contributed by atoms with Crippen LogP contribution in [0.2, 0.25) is 18.1 Å². The molecule has 2 N–H and O–H groups in total. The topological polar surface area (TPSA) is 158 Å². The first kappa shape index (κ1) is 43.0. The molecule has 14 nitrogen and oxygen atoms in total. The molecule has 2 aromatic heterocycles. The molecule has 0 spiro atoms. The zero-order valence-corrected chi connectivity index (χ0v) is 35.6. The summed E-state index contributed by atoms with van der Waals surface area (Å²) in [6.45, 7) is 18.0. The second kappa shape index (κ2) is 18.1. The molecule has 3 heterocycles. The molecule has 312 valence electrons. The molecule has 1 aliphatic heterocycles. The molecule has 0 bridgehead atoms. The van der Waals surface area contributed by atoms with E-state index >= 15 is 0 Å². The van der Waals surface area contributed by atoms with Gasteiger partial charge in [0.15, 0.2) is 25.7 Å². The predicted octanol–water partition coefficient (Wildman–Crippen LogP) is 7.80. The van der Waals surface area contributed by atoms with Crippen molar-refractivity contribution >= 4 is 31.5 Å². The first-order chi connectivity index (χ1) is 28.3. The summed E-state index contributed by atoms with van der Waals surface area (Å²) in [4.78, 5) is 26.2. The van der Waals surface area contributed by atoms with E-state index in [1.807, 2.05) is 78.9 Å². The monoisotopic (exact) mass is 823 g/mol. The van der Waals surface area contributed by atoms with Gasteiger partial charge in [-0.2, -0.15) is 9.97 Å². The Hall–Kier alpha value is -5.58. The Bertz CT molecular complexity index is 2160. The van der Waals surface area contributed by atoms with Gasteiger partial charge in [0.2, 0.25) is 11.8 Å². The predicted molar refractivity (Wildman–Crippen MR) is 226 cm³/mol. The number of anilines is 1. The molecule has 6 rings (SSSR count). The number of carbonyl (C=O) groups is 1. The Balaban J connectivity index is 1.45. The summed E-state index contributed by atoms with van der Waals surface area (Å²) in [7, 11) is 0.683. The number of carbonyl (C=O) groups excluding carboxylic acids is 1. The SMILES string of the molecule is C=CCOC(=O)Nc1nc(OCC=C)c2ncn([C@@H]3O[C@H](COC(c4ccccc4)(c4ccc(OC)cc4)c4ccc(OC)cc4)[C@@H](O)[C@H]3O[Si](C)(C)C(C)(C)C)c2n1. The van der Waals surface area contributed by atoms with Crippen molar-refractivity contribution in [2.45, 2.75) is 69.0 Å². The fourth-order valence-electron chi connectivity index (χ4n) is 6.64. The van der Waals surface area contributed by atoms with Crippen LogP contribution in [0.1, 0.15) is 43.7 Å². The highest BCUT2D eigenvalue weighted by Crippen LogP contribution is 2.45. The van der Waals surface area contributed by atoms with Crippen molar-refractivity contribution in [3.05, 3.63) is 127 Å². The Labute approximate surface area is 345 Å². The van der Waals surface area contributed by atoms with E-state index in [0.29, 0.717) is 17.0 Å². The summed E-state index contributed by atoms with van der Waals surface area (Å²) >= 11 is 0. The fourth-order valence-corrected chi connectivity index (χ4v) is 7.93. The van der Waals surface area contributed by atoms with E-state index < -0.39 is 44.6 Å². The smallest absolute Gasteiger partial charge is 0.414 e. The molecule has 4 atom stereocenters. The van der Waals surface area contributed by atoms with Gasteiger partial charge in [-0.1, -0.05) is 101 Å². The average molecular weight is 824 g/mol. The highest BCUT2D eigenvalue weighted by molar-refractivity contribution is 6.74. The Morgan fingerprint density at radius 1 is 0.898 bits per heavy atom. The second-order valence-corrected chi connectivity index (χ2v) is 20.3. The molecule has 3 aromatic carbocycles. The molecule has 0 saturated carbocycles. The average Bonchev–Trinajstić information content (AvgIpc) is 3.79. The van der Waals surface area contributed by atoms with Gasteiger partial charge >= 0.3 is 6.09 Å². The lowest BCUT2D eigenvalue weighted by molar-refractivity contribution is -0.0940. The van der Waals surface area contributed by atoms with E-state index in [0.717, 1.165) is 16.7 Å². The van der Waals surface area contributed by atoms with Crippen LogP contribution in [0, 0.1) is 0 Å². The van der Waals surface area contributed by atoms with Crippen LogP contribution in [-0.2, 0) is 24.2 Å². The van der Waals surface area contributed by atoms with Crippen LogP contribution in [0.5, 0.6) is 17.4 Å². The molecular weight excluding hydrogens is 771 g/mol. The third kappa shape index (κ3) is 9.04. The summed E-state index contributed by atoms with van der Waals surface area (Å²) < 4.78 is 44.7. The molecule has 1 saturated heterocycles. The number of benzene rings is 3. The number of aliphatic hydroxyl groups excluding tert-OH is 1. The number of hydrogen-bond donors (Lipinski definition) is 2. The minimum Gasteiger partial charge on any atom is -0.497 e. The number of fused-ring (bicyclic) bond motifs is 1. The van der Waals surface area contributed by atoms with Crippen LogP contribution in [0.3, 0.4) is 0 Å². The molecule has 1 aliphatic rings. The van der Waals surface area contributed by atoms with Crippen molar-refractivity contribution in [1.82, 2.24) is 19.5 Å². The lowest BCUT2D eigenvalue weighted by atomic mass is 9.80. The van der Waals surface area contributed by atoms with Crippen LogP contribution in [0.15, 0.2) is 111 Å². The van der Waals surface area contributed by atoms with E-state index in [1.165, 1.54) is 12.4 Å². The first-order valence-electron chi connectivity index (χ1n) is 19.3. The molecule has 1 amide bonds. The number of rotatable bonds is 17. The Kier molecular flexibility index (Phi) is 13.2. The number of hydrogen-bond acceptors (Lipinski definition) is 12. The van der Waals surface area contributed by atoms with Crippen molar-refractivity contribution < 1.29 is 42.7 Å². The minimum atomic E-state index is -2.56. The second-order valence-electron chi connectivity index (χ2n) is 15.5. The first-order valence-corrected chi connectivity index (χ1v) is 22.2. The standard InChI is InChI=1S/C44H53N5O9Si/c1-10-25-54-39-35-38(46-41(47-39)48-42(51)55-26-11-2)49(28-45-35)40-37(58-59(8,9)43(3,4)5)36(50)34(57-40)27-56-44(29-15-13-12-14-16-29,30-17-21-32(52-6)22-18-30)31-19-23-33(53-7)24-20-31/h10-24,28,34,36-37,40,50H,1-2,25-27H2,3-9H3,(H,46,47,48,51)/t34-,36-,37-,40-/m1/s1. The van der Waals surface area contributed by atoms with E-state index in [1.54, 1.807) is 24.9 Å². The molecular formula is C44H53N5O9Si. The van der Waals surface area contributed by atoms with Crippen molar-refractivity contribution in [2.75, 3.05) is 39.4 Å². The van der Waals surface area contributed by atoms with Crippen LogP contribution >= 0.6 is 0 Å². The van der Waals surface area contributed by atoms with E-state index in [4.69, 9.17) is 32.8 Å². The zero-order chi connectivity index (χ0) is 42.4. The normalized spacial score (nSPS) is 18.3. The van der Waals surface area contributed by atoms with Crippen molar-refractivity contribution in [2.24, 2.45) is 0 Å². The number of methoxy groups -OCH3 is 2. The van der Waals surface area contributed by atoms with Crippen molar-refractivity contribution in [3.63, 3.8) is 0 Å². The summed E-state index contributed by atoms with van der Waals surface area (Å²) in [5, 5.41) is 14.7. The number of imidazole rings is 1. The van der Waals surface area contributed by atoms with Crippen molar-refractivity contribution in [3.8, 4) is 17.4 Å². The molecule has 15 heteroatoms. The Morgan fingerprint density at radius 2 is 1.49 bits per heavy atom. The van der Waals surface area contributed by atoms with E-state index in [9.17, 15) is 9.90 Å². The maximum atomic E-state index is 12.6. The van der Waals surface area contributed by atoms with Gasteiger partial charge in [0.1, 0.15) is 48.6 Å². The van der Waals surface area contributed by atoms with Crippen molar-refractivity contribution in [1.29, 1.82) is 0 Å². The highest BCUT2D eigenvalue weighted by Gasteiger charge is 2.52. The summed E-state index contributed by atoms with van der Waals surface area (Å²) in [6, 6.07) is 25.3. The number of nitrogens with zero attached hydrogens (tertiary/aromatic N) is 4. The molecule has 5 aromatic rings. The third-order valence-corrected chi connectivity index (χ3v) is 15.2. The van der Waals surface area contributed by atoms with Gasteiger partial charge in [0.25, 0.3) is 0 Å². The number of nitrogens with one attached hydrogen (secondary N) is 1.